The average Bonchev–Trinajstić information content (AvgIpc) is 2.41. The third-order valence-electron chi connectivity index (χ3n) is 2.71. The second-order valence-corrected chi connectivity index (χ2v) is 3.92. The number of anilines is 1. The van der Waals surface area contributed by atoms with E-state index in [1.807, 2.05) is 12.1 Å². The van der Waals surface area contributed by atoms with E-state index in [0.717, 1.165) is 31.9 Å². The Kier molecular flexibility index (Phi) is 4.43. The van der Waals surface area contributed by atoms with Crippen LogP contribution in [0.15, 0.2) is 24.3 Å². The Bertz CT molecular complexity index is 396. The Morgan fingerprint density at radius 3 is 2.53 bits per heavy atom. The smallest absolute Gasteiger partial charge is 0.0642 e. The van der Waals surface area contributed by atoms with Crippen LogP contribution in [0.4, 0.5) is 5.69 Å². The van der Waals surface area contributed by atoms with Crippen LogP contribution in [-0.2, 0) is 4.74 Å². The highest BCUT2D eigenvalue weighted by atomic mass is 16.5. The predicted molar refractivity (Wildman–Crippen MR) is 68.1 cm³/mol. The van der Waals surface area contributed by atoms with Gasteiger partial charge in [0.25, 0.3) is 0 Å². The molecule has 1 aromatic carbocycles. The van der Waals surface area contributed by atoms with Crippen molar-refractivity contribution in [3.63, 3.8) is 0 Å². The van der Waals surface area contributed by atoms with Crippen molar-refractivity contribution in [2.45, 2.75) is 6.42 Å². The molecule has 0 spiro atoms. The summed E-state index contributed by atoms with van der Waals surface area (Å²) in [5.74, 6) is 5.94. The summed E-state index contributed by atoms with van der Waals surface area (Å²) >= 11 is 0. The molecular weight excluding hydrogens is 214 g/mol. The van der Waals surface area contributed by atoms with Gasteiger partial charge in [0.15, 0.2) is 0 Å². The molecule has 0 saturated carbocycles. The second kappa shape index (κ2) is 6.29. The number of benzene rings is 1. The summed E-state index contributed by atoms with van der Waals surface area (Å²) in [6, 6.07) is 8.23. The van der Waals surface area contributed by atoms with Gasteiger partial charge in [-0.25, -0.2) is 0 Å². The standard InChI is InChI=1S/C14H17NO2/c16-10-2-1-3-13-4-6-14(7-5-13)15-8-11-17-12-9-15/h4-7,16H,2,8-12H2. The maximum Gasteiger partial charge on any atom is 0.0642 e. The molecule has 0 amide bonds. The lowest BCUT2D eigenvalue weighted by Crippen LogP contribution is -2.36. The molecule has 1 fully saturated rings. The van der Waals surface area contributed by atoms with Crippen LogP contribution in [0, 0.1) is 11.8 Å². The van der Waals surface area contributed by atoms with E-state index in [0.29, 0.717) is 6.42 Å². The SMILES string of the molecule is OCCC#Cc1ccc(N2CCOCC2)cc1. The molecule has 1 heterocycles. The molecule has 90 valence electrons. The van der Waals surface area contributed by atoms with Crippen LogP contribution in [0.5, 0.6) is 0 Å². The first-order valence-corrected chi connectivity index (χ1v) is 5.92. The van der Waals surface area contributed by atoms with Crippen molar-refractivity contribution in [3.8, 4) is 11.8 Å². The summed E-state index contributed by atoms with van der Waals surface area (Å²) in [6.45, 7) is 3.64. The molecule has 3 nitrogen and oxygen atoms in total. The molecule has 1 aliphatic rings. The number of aliphatic hydroxyl groups excluding tert-OH is 1. The Morgan fingerprint density at radius 2 is 1.88 bits per heavy atom. The first kappa shape index (κ1) is 12.0. The third-order valence-corrected chi connectivity index (χ3v) is 2.71. The molecule has 0 aromatic heterocycles. The van der Waals surface area contributed by atoms with Crippen LogP contribution in [0.1, 0.15) is 12.0 Å². The number of rotatable bonds is 2. The lowest BCUT2D eigenvalue weighted by Gasteiger charge is -2.28. The number of morpholine rings is 1. The van der Waals surface area contributed by atoms with Gasteiger partial charge in [-0.1, -0.05) is 11.8 Å². The van der Waals surface area contributed by atoms with Crippen molar-refractivity contribution in [1.82, 2.24) is 0 Å². The molecule has 1 aromatic rings. The highest BCUT2D eigenvalue weighted by Crippen LogP contribution is 2.16. The van der Waals surface area contributed by atoms with Gasteiger partial charge in [0, 0.05) is 30.8 Å². The van der Waals surface area contributed by atoms with E-state index in [1.54, 1.807) is 0 Å². The minimum absolute atomic E-state index is 0.124. The monoisotopic (exact) mass is 231 g/mol. The Balaban J connectivity index is 2.00. The minimum Gasteiger partial charge on any atom is -0.395 e. The van der Waals surface area contributed by atoms with E-state index in [2.05, 4.69) is 28.9 Å². The first-order chi connectivity index (χ1) is 8.40. The van der Waals surface area contributed by atoms with Crippen molar-refractivity contribution in [2.24, 2.45) is 0 Å². The van der Waals surface area contributed by atoms with Crippen LogP contribution in [0.2, 0.25) is 0 Å². The summed E-state index contributed by atoms with van der Waals surface area (Å²) in [7, 11) is 0. The Hall–Kier alpha value is -1.50. The third kappa shape index (κ3) is 3.48. The fraction of sp³-hybridized carbons (Fsp3) is 0.429. The molecule has 0 atom stereocenters. The fourth-order valence-corrected chi connectivity index (χ4v) is 1.80. The molecule has 3 heteroatoms. The molecular formula is C14H17NO2. The minimum atomic E-state index is 0.124. The van der Waals surface area contributed by atoms with Gasteiger partial charge >= 0.3 is 0 Å². The molecule has 0 unspecified atom stereocenters. The van der Waals surface area contributed by atoms with E-state index in [1.165, 1.54) is 5.69 Å². The quantitative estimate of drug-likeness (QED) is 0.778. The van der Waals surface area contributed by atoms with Crippen LogP contribution in [0.25, 0.3) is 0 Å². The number of hydrogen-bond donors (Lipinski definition) is 1. The van der Waals surface area contributed by atoms with Crippen LogP contribution < -0.4 is 4.90 Å². The van der Waals surface area contributed by atoms with Crippen molar-refractivity contribution >= 4 is 5.69 Å². The summed E-state index contributed by atoms with van der Waals surface area (Å²) in [6.07, 6.45) is 0.533. The first-order valence-electron chi connectivity index (χ1n) is 5.92. The van der Waals surface area contributed by atoms with Crippen LogP contribution in [-0.4, -0.2) is 38.0 Å². The molecule has 1 aliphatic heterocycles. The van der Waals surface area contributed by atoms with E-state index >= 15 is 0 Å². The maximum absolute atomic E-state index is 8.64. The zero-order valence-corrected chi connectivity index (χ0v) is 9.85. The Morgan fingerprint density at radius 1 is 1.18 bits per heavy atom. The van der Waals surface area contributed by atoms with Crippen molar-refractivity contribution in [3.05, 3.63) is 29.8 Å². The molecule has 1 saturated heterocycles. The molecule has 1 N–H and O–H groups in total. The van der Waals surface area contributed by atoms with E-state index in [-0.39, 0.29) is 6.61 Å². The van der Waals surface area contributed by atoms with Gasteiger partial charge in [0.05, 0.1) is 19.8 Å². The highest BCUT2D eigenvalue weighted by molar-refractivity contribution is 5.50. The molecule has 0 radical (unpaired) electrons. The molecule has 17 heavy (non-hydrogen) atoms. The number of aliphatic hydroxyl groups is 1. The number of hydrogen-bond acceptors (Lipinski definition) is 3. The zero-order chi connectivity index (χ0) is 11.9. The van der Waals surface area contributed by atoms with E-state index < -0.39 is 0 Å². The average molecular weight is 231 g/mol. The molecule has 0 bridgehead atoms. The van der Waals surface area contributed by atoms with Crippen molar-refractivity contribution in [1.29, 1.82) is 0 Å². The van der Waals surface area contributed by atoms with Crippen molar-refractivity contribution < 1.29 is 9.84 Å². The summed E-state index contributed by atoms with van der Waals surface area (Å²) in [5.41, 5.74) is 2.22. The van der Waals surface area contributed by atoms with Gasteiger partial charge in [-0.15, -0.1) is 0 Å². The van der Waals surface area contributed by atoms with Gasteiger partial charge in [0.2, 0.25) is 0 Å². The van der Waals surface area contributed by atoms with Crippen LogP contribution in [0.3, 0.4) is 0 Å². The lowest BCUT2D eigenvalue weighted by atomic mass is 10.2. The largest absolute Gasteiger partial charge is 0.395 e. The fourth-order valence-electron chi connectivity index (χ4n) is 1.80. The molecule has 0 aliphatic carbocycles. The number of ether oxygens (including phenoxy) is 1. The van der Waals surface area contributed by atoms with Crippen LogP contribution >= 0.6 is 0 Å². The maximum atomic E-state index is 8.64. The van der Waals surface area contributed by atoms with Gasteiger partial charge in [-0.2, -0.15) is 0 Å². The van der Waals surface area contributed by atoms with Crippen molar-refractivity contribution in [2.75, 3.05) is 37.8 Å². The van der Waals surface area contributed by atoms with E-state index in [4.69, 9.17) is 9.84 Å². The summed E-state index contributed by atoms with van der Waals surface area (Å²) < 4.78 is 5.32. The van der Waals surface area contributed by atoms with Gasteiger partial charge < -0.3 is 14.7 Å². The predicted octanol–water partition coefficient (Wildman–Crippen LogP) is 1.26. The number of nitrogens with zero attached hydrogens (tertiary/aromatic N) is 1. The van der Waals surface area contributed by atoms with Gasteiger partial charge in [-0.05, 0) is 24.3 Å². The second-order valence-electron chi connectivity index (χ2n) is 3.92. The summed E-state index contributed by atoms with van der Waals surface area (Å²) in [4.78, 5) is 2.31. The summed E-state index contributed by atoms with van der Waals surface area (Å²) in [5, 5.41) is 8.64. The topological polar surface area (TPSA) is 32.7 Å². The van der Waals surface area contributed by atoms with E-state index in [9.17, 15) is 0 Å². The zero-order valence-electron chi connectivity index (χ0n) is 9.85. The normalized spacial score (nSPS) is 15.2. The van der Waals surface area contributed by atoms with Gasteiger partial charge in [-0.3, -0.25) is 0 Å². The Labute approximate surface area is 102 Å². The lowest BCUT2D eigenvalue weighted by molar-refractivity contribution is 0.122. The molecule has 2 rings (SSSR count). The van der Waals surface area contributed by atoms with Gasteiger partial charge in [0.1, 0.15) is 0 Å². The highest BCUT2D eigenvalue weighted by Gasteiger charge is 2.10.